The first-order chi connectivity index (χ1) is 18.8. The summed E-state index contributed by atoms with van der Waals surface area (Å²) < 4.78 is 11.5. The Bertz CT molecular complexity index is 1630. The van der Waals surface area contributed by atoms with E-state index in [1.165, 1.54) is 11.1 Å². The van der Waals surface area contributed by atoms with Crippen molar-refractivity contribution in [1.29, 1.82) is 0 Å². The van der Waals surface area contributed by atoms with Gasteiger partial charge in [0.25, 0.3) is 0 Å². The minimum absolute atomic E-state index is 0.868. The Morgan fingerprint density at radius 1 is 0.368 bits per heavy atom. The molecule has 0 atom stereocenters. The third-order valence-corrected chi connectivity index (χ3v) is 7.12. The maximum absolute atomic E-state index is 5.75. The first-order valence-electron chi connectivity index (χ1n) is 12.8. The summed E-state index contributed by atoms with van der Waals surface area (Å²) in [5, 5.41) is 4.48. The van der Waals surface area contributed by atoms with E-state index in [1.807, 2.05) is 0 Å². The number of benzene rings is 6. The monoisotopic (exact) mass is 492 g/mol. The van der Waals surface area contributed by atoms with Crippen LogP contribution >= 0.6 is 0 Å². The van der Waals surface area contributed by atoms with Crippen molar-refractivity contribution in [2.45, 2.75) is 0 Å². The molecule has 0 saturated heterocycles. The van der Waals surface area contributed by atoms with Crippen LogP contribution in [0.1, 0.15) is 22.3 Å². The van der Waals surface area contributed by atoms with E-state index in [4.69, 9.17) is 9.47 Å². The summed E-state index contributed by atoms with van der Waals surface area (Å²) in [6.07, 6.45) is 0. The molecule has 6 aromatic carbocycles. The summed E-state index contributed by atoms with van der Waals surface area (Å²) in [7, 11) is 3.46. The van der Waals surface area contributed by atoms with E-state index in [0.717, 1.165) is 55.3 Å². The van der Waals surface area contributed by atoms with Gasteiger partial charge in [0, 0.05) is 10.8 Å². The molecule has 6 aromatic rings. The fourth-order valence-corrected chi connectivity index (χ4v) is 5.41. The quantitative estimate of drug-likeness (QED) is 0.216. The lowest BCUT2D eigenvalue weighted by Crippen LogP contribution is -2.00. The van der Waals surface area contributed by atoms with Gasteiger partial charge in [0.15, 0.2) is 0 Å². The lowest BCUT2D eigenvalue weighted by Gasteiger charge is -2.21. The number of methoxy groups -OCH3 is 2. The van der Waals surface area contributed by atoms with E-state index in [-0.39, 0.29) is 0 Å². The predicted molar refractivity (Wildman–Crippen MR) is 159 cm³/mol. The topological polar surface area (TPSA) is 18.5 Å². The van der Waals surface area contributed by atoms with Crippen LogP contribution in [0.3, 0.4) is 0 Å². The SMILES string of the molecule is COc1ccc(C(=C(c2ccccc2)c2ccc(OC)c3ccccc23)c2ccccc2)c2ccccc12. The maximum Gasteiger partial charge on any atom is 0.126 e. The second-order valence-corrected chi connectivity index (χ2v) is 9.20. The summed E-state index contributed by atoms with van der Waals surface area (Å²) in [5.74, 6) is 1.74. The van der Waals surface area contributed by atoms with Gasteiger partial charge in [-0.05, 0) is 56.3 Å². The lowest BCUT2D eigenvalue weighted by atomic mass is 9.82. The van der Waals surface area contributed by atoms with Crippen LogP contribution in [0, 0.1) is 0 Å². The average Bonchev–Trinajstić information content (AvgIpc) is 3.00. The molecule has 0 spiro atoms. The third kappa shape index (κ3) is 4.10. The summed E-state index contributed by atoms with van der Waals surface area (Å²) in [6.45, 7) is 0. The predicted octanol–water partition coefficient (Wildman–Crippen LogP) is 9.02. The zero-order valence-corrected chi connectivity index (χ0v) is 21.5. The molecule has 0 amide bonds. The molecule has 0 N–H and O–H groups in total. The molecule has 0 aliphatic rings. The highest BCUT2D eigenvalue weighted by molar-refractivity contribution is 6.14. The highest BCUT2D eigenvalue weighted by Gasteiger charge is 2.21. The van der Waals surface area contributed by atoms with Crippen LogP contribution in [0.25, 0.3) is 32.7 Å². The molecule has 0 heterocycles. The molecule has 6 rings (SSSR count). The van der Waals surface area contributed by atoms with Gasteiger partial charge in [0.1, 0.15) is 11.5 Å². The average molecular weight is 493 g/mol. The van der Waals surface area contributed by atoms with Crippen molar-refractivity contribution in [2.24, 2.45) is 0 Å². The molecular weight excluding hydrogens is 464 g/mol. The maximum atomic E-state index is 5.75. The Kier molecular flexibility index (Phi) is 6.37. The summed E-state index contributed by atoms with van der Waals surface area (Å²) in [4.78, 5) is 0. The highest BCUT2D eigenvalue weighted by atomic mass is 16.5. The molecule has 0 aromatic heterocycles. The van der Waals surface area contributed by atoms with Gasteiger partial charge >= 0.3 is 0 Å². The Morgan fingerprint density at radius 2 is 0.711 bits per heavy atom. The highest BCUT2D eigenvalue weighted by Crippen LogP contribution is 2.43. The lowest BCUT2D eigenvalue weighted by molar-refractivity contribution is 0.419. The van der Waals surface area contributed by atoms with Crippen LogP contribution in [0.5, 0.6) is 11.5 Å². The zero-order valence-electron chi connectivity index (χ0n) is 21.5. The van der Waals surface area contributed by atoms with E-state index in [0.29, 0.717) is 0 Å². The minimum atomic E-state index is 0.868. The van der Waals surface area contributed by atoms with Gasteiger partial charge in [0.05, 0.1) is 14.2 Å². The van der Waals surface area contributed by atoms with Crippen LogP contribution in [0.15, 0.2) is 133 Å². The second-order valence-electron chi connectivity index (χ2n) is 9.20. The van der Waals surface area contributed by atoms with Gasteiger partial charge in [-0.1, -0.05) is 121 Å². The van der Waals surface area contributed by atoms with Crippen molar-refractivity contribution in [3.8, 4) is 11.5 Å². The fourth-order valence-electron chi connectivity index (χ4n) is 5.41. The van der Waals surface area contributed by atoms with E-state index in [2.05, 4.69) is 133 Å². The zero-order chi connectivity index (χ0) is 25.9. The van der Waals surface area contributed by atoms with Crippen LogP contribution < -0.4 is 9.47 Å². The van der Waals surface area contributed by atoms with Crippen molar-refractivity contribution in [3.05, 3.63) is 156 Å². The van der Waals surface area contributed by atoms with Crippen molar-refractivity contribution < 1.29 is 9.47 Å². The van der Waals surface area contributed by atoms with Gasteiger partial charge in [0.2, 0.25) is 0 Å². The van der Waals surface area contributed by atoms with Gasteiger partial charge in [-0.2, -0.15) is 0 Å². The van der Waals surface area contributed by atoms with Gasteiger partial charge in [-0.3, -0.25) is 0 Å². The number of hydrogen-bond acceptors (Lipinski definition) is 2. The molecule has 0 fully saturated rings. The Hall–Kier alpha value is -4.82. The van der Waals surface area contributed by atoms with Crippen LogP contribution in [-0.2, 0) is 0 Å². The molecule has 0 aliphatic carbocycles. The molecule has 2 nitrogen and oxygen atoms in total. The molecule has 0 bridgehead atoms. The van der Waals surface area contributed by atoms with Crippen LogP contribution in [-0.4, -0.2) is 14.2 Å². The molecule has 38 heavy (non-hydrogen) atoms. The smallest absolute Gasteiger partial charge is 0.126 e. The van der Waals surface area contributed by atoms with Crippen LogP contribution in [0.2, 0.25) is 0 Å². The largest absolute Gasteiger partial charge is 0.496 e. The van der Waals surface area contributed by atoms with E-state index in [9.17, 15) is 0 Å². The van der Waals surface area contributed by atoms with Gasteiger partial charge < -0.3 is 9.47 Å². The normalized spacial score (nSPS) is 11.8. The molecule has 2 heteroatoms. The number of ether oxygens (including phenoxy) is 2. The van der Waals surface area contributed by atoms with Gasteiger partial charge in [-0.15, -0.1) is 0 Å². The molecule has 184 valence electrons. The standard InChI is InChI=1S/C36H28O2/c1-37-33-23-21-31(27-17-9-11-19-29(27)33)35(25-13-5-3-6-14-25)36(26-15-7-4-8-16-26)32-22-24-34(38-2)30-20-12-10-18-28(30)32/h3-24H,1-2H3. The van der Waals surface area contributed by atoms with Crippen molar-refractivity contribution in [2.75, 3.05) is 14.2 Å². The second kappa shape index (κ2) is 10.3. The van der Waals surface area contributed by atoms with Gasteiger partial charge in [-0.25, -0.2) is 0 Å². The summed E-state index contributed by atoms with van der Waals surface area (Å²) in [5.41, 5.74) is 6.97. The summed E-state index contributed by atoms with van der Waals surface area (Å²) in [6, 6.07) is 46.8. The first-order valence-corrected chi connectivity index (χ1v) is 12.8. The molecule has 0 radical (unpaired) electrons. The molecule has 0 saturated carbocycles. The molecule has 0 aliphatic heterocycles. The van der Waals surface area contributed by atoms with Crippen molar-refractivity contribution >= 4 is 32.7 Å². The van der Waals surface area contributed by atoms with Crippen LogP contribution in [0.4, 0.5) is 0 Å². The van der Waals surface area contributed by atoms with E-state index < -0.39 is 0 Å². The van der Waals surface area contributed by atoms with Crippen molar-refractivity contribution in [1.82, 2.24) is 0 Å². The minimum Gasteiger partial charge on any atom is -0.496 e. The van der Waals surface area contributed by atoms with E-state index >= 15 is 0 Å². The number of hydrogen-bond donors (Lipinski definition) is 0. The number of fused-ring (bicyclic) bond motifs is 2. The third-order valence-electron chi connectivity index (χ3n) is 7.12. The first kappa shape index (κ1) is 23.6. The van der Waals surface area contributed by atoms with Crippen molar-refractivity contribution in [3.63, 3.8) is 0 Å². The Balaban J connectivity index is 1.82. The fraction of sp³-hybridized carbons (Fsp3) is 0.0556. The molecular formula is C36H28O2. The Labute approximate surface area is 223 Å². The van der Waals surface area contributed by atoms with E-state index in [1.54, 1.807) is 14.2 Å². The number of rotatable bonds is 6. The Morgan fingerprint density at radius 3 is 1.08 bits per heavy atom. The summed E-state index contributed by atoms with van der Waals surface area (Å²) >= 11 is 0. The molecule has 0 unspecified atom stereocenters.